The molecule has 4 nitrogen and oxygen atoms in total. The van der Waals surface area contributed by atoms with Gasteiger partial charge in [0.1, 0.15) is 10.8 Å². The fourth-order valence-electron chi connectivity index (χ4n) is 2.16. The van der Waals surface area contributed by atoms with Gasteiger partial charge < -0.3 is 4.42 Å². The van der Waals surface area contributed by atoms with Crippen LogP contribution in [0.2, 0.25) is 0 Å². The van der Waals surface area contributed by atoms with Crippen molar-refractivity contribution in [2.24, 2.45) is 0 Å². The van der Waals surface area contributed by atoms with Crippen molar-refractivity contribution in [1.29, 1.82) is 0 Å². The molecule has 0 amide bonds. The fraction of sp³-hybridized carbons (Fsp3) is 0.462. The highest BCUT2D eigenvalue weighted by molar-refractivity contribution is 7.15. The van der Waals surface area contributed by atoms with Gasteiger partial charge in [-0.2, -0.15) is 0 Å². The highest BCUT2D eigenvalue weighted by atomic mass is 32.1. The van der Waals surface area contributed by atoms with Crippen molar-refractivity contribution in [3.8, 4) is 10.6 Å². The first-order valence-corrected chi connectivity index (χ1v) is 7.20. The Kier molecular flexibility index (Phi) is 3.73. The van der Waals surface area contributed by atoms with Gasteiger partial charge in [-0.3, -0.25) is 0 Å². The molecule has 0 radical (unpaired) electrons. The van der Waals surface area contributed by atoms with Crippen LogP contribution in [0.5, 0.6) is 0 Å². The van der Waals surface area contributed by atoms with Gasteiger partial charge in [-0.05, 0) is 25.0 Å². The molecule has 1 N–H and O–H groups in total. The van der Waals surface area contributed by atoms with E-state index in [9.17, 15) is 0 Å². The van der Waals surface area contributed by atoms with Crippen molar-refractivity contribution < 1.29 is 4.42 Å². The lowest BCUT2D eigenvalue weighted by Crippen LogP contribution is -2.41. The molecule has 96 valence electrons. The van der Waals surface area contributed by atoms with Crippen molar-refractivity contribution in [1.82, 2.24) is 15.4 Å². The molecule has 2 aromatic heterocycles. The van der Waals surface area contributed by atoms with Crippen LogP contribution >= 0.6 is 11.3 Å². The Bertz CT molecular complexity index is 474. The standard InChI is InChI=1S/C13H17N3OS/c1-2-6-16(7-3-1)15-10-13-14-9-12(18-13)11-5-4-8-17-11/h4-5,8-9,15H,1-3,6-7,10H2. The van der Waals surface area contributed by atoms with Gasteiger partial charge >= 0.3 is 0 Å². The molecule has 3 heterocycles. The van der Waals surface area contributed by atoms with Crippen LogP contribution in [0.25, 0.3) is 10.6 Å². The maximum Gasteiger partial charge on any atom is 0.145 e. The predicted octanol–water partition coefficient (Wildman–Crippen LogP) is 2.89. The minimum atomic E-state index is 0.811. The molecule has 18 heavy (non-hydrogen) atoms. The topological polar surface area (TPSA) is 41.3 Å². The number of hydrogen-bond donors (Lipinski definition) is 1. The Labute approximate surface area is 111 Å². The second-order valence-electron chi connectivity index (χ2n) is 4.48. The number of furan rings is 1. The van der Waals surface area contributed by atoms with E-state index in [-0.39, 0.29) is 0 Å². The van der Waals surface area contributed by atoms with E-state index in [1.165, 1.54) is 19.3 Å². The highest BCUT2D eigenvalue weighted by Gasteiger charge is 2.11. The molecule has 0 aliphatic carbocycles. The van der Waals surface area contributed by atoms with Gasteiger partial charge in [0, 0.05) is 19.3 Å². The van der Waals surface area contributed by atoms with Crippen LogP contribution in [-0.2, 0) is 6.54 Å². The summed E-state index contributed by atoms with van der Waals surface area (Å²) in [6.07, 6.45) is 7.53. The summed E-state index contributed by atoms with van der Waals surface area (Å²) in [6, 6.07) is 3.87. The highest BCUT2D eigenvalue weighted by Crippen LogP contribution is 2.26. The lowest BCUT2D eigenvalue weighted by atomic mass is 10.2. The van der Waals surface area contributed by atoms with Crippen molar-refractivity contribution in [2.45, 2.75) is 25.8 Å². The van der Waals surface area contributed by atoms with Crippen molar-refractivity contribution in [2.75, 3.05) is 13.1 Å². The number of nitrogens with one attached hydrogen (secondary N) is 1. The molecular formula is C13H17N3OS. The molecule has 2 aromatic rings. The summed E-state index contributed by atoms with van der Waals surface area (Å²) in [7, 11) is 0. The Morgan fingerprint density at radius 2 is 2.22 bits per heavy atom. The van der Waals surface area contributed by atoms with Gasteiger partial charge in [0.2, 0.25) is 0 Å². The van der Waals surface area contributed by atoms with Crippen LogP contribution < -0.4 is 5.43 Å². The van der Waals surface area contributed by atoms with E-state index >= 15 is 0 Å². The minimum Gasteiger partial charge on any atom is -0.463 e. The quantitative estimate of drug-likeness (QED) is 0.921. The Morgan fingerprint density at radius 1 is 1.33 bits per heavy atom. The molecule has 0 saturated carbocycles. The zero-order valence-corrected chi connectivity index (χ0v) is 11.1. The van der Waals surface area contributed by atoms with E-state index in [0.717, 1.165) is 35.3 Å². The molecule has 0 unspecified atom stereocenters. The Hall–Kier alpha value is -1.17. The summed E-state index contributed by atoms with van der Waals surface area (Å²) in [5.74, 6) is 0.900. The molecule has 1 aliphatic heterocycles. The largest absolute Gasteiger partial charge is 0.463 e. The number of hydrogen-bond acceptors (Lipinski definition) is 5. The molecule has 5 heteroatoms. The summed E-state index contributed by atoms with van der Waals surface area (Å²) in [5, 5.41) is 3.41. The minimum absolute atomic E-state index is 0.811. The van der Waals surface area contributed by atoms with Gasteiger partial charge in [-0.1, -0.05) is 6.42 Å². The van der Waals surface area contributed by atoms with E-state index in [1.54, 1.807) is 17.6 Å². The first-order chi connectivity index (χ1) is 8.92. The number of piperidine rings is 1. The van der Waals surface area contributed by atoms with E-state index in [1.807, 2.05) is 18.3 Å². The van der Waals surface area contributed by atoms with Crippen molar-refractivity contribution in [3.05, 3.63) is 29.6 Å². The third-order valence-corrected chi connectivity index (χ3v) is 4.14. The number of nitrogens with zero attached hydrogens (tertiary/aromatic N) is 2. The number of thiazole rings is 1. The average Bonchev–Trinajstić information content (AvgIpc) is 3.08. The summed E-state index contributed by atoms with van der Waals surface area (Å²) >= 11 is 1.69. The van der Waals surface area contributed by atoms with Crippen LogP contribution in [0.4, 0.5) is 0 Å². The molecule has 0 aromatic carbocycles. The third-order valence-electron chi connectivity index (χ3n) is 3.13. The van der Waals surface area contributed by atoms with Gasteiger partial charge in [-0.15, -0.1) is 11.3 Å². The molecule has 0 atom stereocenters. The second-order valence-corrected chi connectivity index (χ2v) is 5.59. The molecular weight excluding hydrogens is 246 g/mol. The maximum absolute atomic E-state index is 5.37. The van der Waals surface area contributed by atoms with Crippen molar-refractivity contribution in [3.63, 3.8) is 0 Å². The van der Waals surface area contributed by atoms with E-state index in [0.29, 0.717) is 0 Å². The van der Waals surface area contributed by atoms with Crippen molar-refractivity contribution >= 4 is 11.3 Å². The Morgan fingerprint density at radius 3 is 3.00 bits per heavy atom. The normalized spacial score (nSPS) is 17.1. The van der Waals surface area contributed by atoms with Gasteiger partial charge in [-0.25, -0.2) is 15.4 Å². The summed E-state index contributed by atoms with van der Waals surface area (Å²) in [6.45, 7) is 3.11. The number of hydrazine groups is 1. The Balaban J connectivity index is 1.57. The van der Waals surface area contributed by atoms with E-state index in [2.05, 4.69) is 15.4 Å². The van der Waals surface area contributed by atoms with Gasteiger partial charge in [0.25, 0.3) is 0 Å². The lowest BCUT2D eigenvalue weighted by molar-refractivity contribution is 0.151. The van der Waals surface area contributed by atoms with Gasteiger partial charge in [0.05, 0.1) is 17.7 Å². The molecule has 1 fully saturated rings. The molecule has 1 aliphatic rings. The summed E-state index contributed by atoms with van der Waals surface area (Å²) in [4.78, 5) is 5.52. The SMILES string of the molecule is c1coc(-c2cnc(CNN3CCCCC3)s2)c1. The van der Waals surface area contributed by atoms with Crippen LogP contribution in [0, 0.1) is 0 Å². The first kappa shape index (κ1) is 11.9. The molecule has 0 spiro atoms. The van der Waals surface area contributed by atoms with Crippen LogP contribution in [0.15, 0.2) is 29.0 Å². The van der Waals surface area contributed by atoms with E-state index in [4.69, 9.17) is 4.42 Å². The average molecular weight is 263 g/mol. The first-order valence-electron chi connectivity index (χ1n) is 6.39. The zero-order valence-electron chi connectivity index (χ0n) is 10.3. The zero-order chi connectivity index (χ0) is 12.2. The maximum atomic E-state index is 5.37. The van der Waals surface area contributed by atoms with Gasteiger partial charge in [0.15, 0.2) is 0 Å². The molecule has 0 bridgehead atoms. The number of rotatable bonds is 4. The van der Waals surface area contributed by atoms with Crippen LogP contribution in [0.3, 0.4) is 0 Å². The summed E-state index contributed by atoms with van der Waals surface area (Å²) < 4.78 is 5.37. The predicted molar refractivity (Wildman–Crippen MR) is 72.1 cm³/mol. The summed E-state index contributed by atoms with van der Waals surface area (Å²) in [5.41, 5.74) is 3.45. The monoisotopic (exact) mass is 263 g/mol. The van der Waals surface area contributed by atoms with E-state index < -0.39 is 0 Å². The molecule has 1 saturated heterocycles. The smallest absolute Gasteiger partial charge is 0.145 e. The van der Waals surface area contributed by atoms with Crippen LogP contribution in [-0.4, -0.2) is 23.1 Å². The third kappa shape index (κ3) is 2.80. The molecule has 3 rings (SSSR count). The fourth-order valence-corrected chi connectivity index (χ4v) is 2.97. The van der Waals surface area contributed by atoms with Crippen LogP contribution in [0.1, 0.15) is 24.3 Å². The second kappa shape index (κ2) is 5.65. The lowest BCUT2D eigenvalue weighted by Gasteiger charge is -2.26. The number of aromatic nitrogens is 1.